The van der Waals surface area contributed by atoms with Gasteiger partial charge in [-0.25, -0.2) is 4.39 Å². The second-order valence-electron chi connectivity index (χ2n) is 4.54. The third-order valence-corrected chi connectivity index (χ3v) is 3.02. The molecule has 0 spiro atoms. The molecule has 1 fully saturated rings. The summed E-state index contributed by atoms with van der Waals surface area (Å²) in [4.78, 5) is 2.34. The van der Waals surface area contributed by atoms with E-state index in [1.165, 1.54) is 31.5 Å². The van der Waals surface area contributed by atoms with Crippen molar-refractivity contribution in [2.45, 2.75) is 12.8 Å². The molecule has 1 aromatic carbocycles. The molecule has 16 heavy (non-hydrogen) atoms. The van der Waals surface area contributed by atoms with Crippen molar-refractivity contribution in [2.24, 2.45) is 5.92 Å². The van der Waals surface area contributed by atoms with Gasteiger partial charge < -0.3 is 9.64 Å². The zero-order chi connectivity index (χ0) is 11.4. The summed E-state index contributed by atoms with van der Waals surface area (Å²) in [6.45, 7) is 3.02. The summed E-state index contributed by atoms with van der Waals surface area (Å²) in [5.41, 5.74) is 0. The van der Waals surface area contributed by atoms with Gasteiger partial charge in [0.15, 0.2) is 0 Å². The SMILES string of the molecule is CN1CCCC(COc2ccc(F)cc2)C1. The van der Waals surface area contributed by atoms with Crippen LogP contribution < -0.4 is 4.74 Å². The van der Waals surface area contributed by atoms with Crippen LogP contribution in [0.25, 0.3) is 0 Å². The highest BCUT2D eigenvalue weighted by atomic mass is 19.1. The highest BCUT2D eigenvalue weighted by Gasteiger charge is 2.17. The van der Waals surface area contributed by atoms with E-state index in [2.05, 4.69) is 11.9 Å². The van der Waals surface area contributed by atoms with E-state index in [0.29, 0.717) is 5.92 Å². The van der Waals surface area contributed by atoms with Crippen LogP contribution in [0.2, 0.25) is 0 Å². The van der Waals surface area contributed by atoms with Gasteiger partial charge in [0.1, 0.15) is 11.6 Å². The quantitative estimate of drug-likeness (QED) is 0.780. The van der Waals surface area contributed by atoms with Gasteiger partial charge in [-0.3, -0.25) is 0 Å². The van der Waals surface area contributed by atoms with Gasteiger partial charge in [0, 0.05) is 12.5 Å². The van der Waals surface area contributed by atoms with E-state index < -0.39 is 0 Å². The number of halogens is 1. The van der Waals surface area contributed by atoms with E-state index in [1.54, 1.807) is 12.1 Å². The van der Waals surface area contributed by atoms with Gasteiger partial charge in [-0.2, -0.15) is 0 Å². The molecule has 88 valence electrons. The Bertz CT molecular complexity index is 325. The van der Waals surface area contributed by atoms with Crippen LogP contribution in [-0.2, 0) is 0 Å². The lowest BCUT2D eigenvalue weighted by Gasteiger charge is -2.29. The second kappa shape index (κ2) is 5.30. The molecule has 0 amide bonds. The van der Waals surface area contributed by atoms with Crippen molar-refractivity contribution in [3.63, 3.8) is 0 Å². The van der Waals surface area contributed by atoms with Crippen LogP contribution in [0.5, 0.6) is 5.75 Å². The Balaban J connectivity index is 1.80. The number of piperidine rings is 1. The first kappa shape index (κ1) is 11.4. The van der Waals surface area contributed by atoms with E-state index in [0.717, 1.165) is 18.9 Å². The standard InChI is InChI=1S/C13H18FNO/c1-15-8-2-3-11(9-15)10-16-13-6-4-12(14)5-7-13/h4-7,11H,2-3,8-10H2,1H3. The predicted octanol–water partition coefficient (Wildman–Crippen LogP) is 2.55. The minimum absolute atomic E-state index is 0.218. The van der Waals surface area contributed by atoms with Crippen LogP contribution in [0, 0.1) is 11.7 Å². The van der Waals surface area contributed by atoms with Crippen molar-refractivity contribution >= 4 is 0 Å². The summed E-state index contributed by atoms with van der Waals surface area (Å²) < 4.78 is 18.3. The summed E-state index contributed by atoms with van der Waals surface area (Å²) in [6, 6.07) is 6.23. The maximum absolute atomic E-state index is 12.7. The summed E-state index contributed by atoms with van der Waals surface area (Å²) in [5.74, 6) is 1.14. The van der Waals surface area contributed by atoms with E-state index in [-0.39, 0.29) is 5.82 Å². The van der Waals surface area contributed by atoms with E-state index in [1.807, 2.05) is 0 Å². The van der Waals surface area contributed by atoms with Crippen molar-refractivity contribution in [3.8, 4) is 5.75 Å². The minimum Gasteiger partial charge on any atom is -0.493 e. The lowest BCUT2D eigenvalue weighted by Crippen LogP contribution is -2.34. The number of nitrogens with zero attached hydrogens (tertiary/aromatic N) is 1. The van der Waals surface area contributed by atoms with Crippen LogP contribution in [0.4, 0.5) is 4.39 Å². The molecule has 1 heterocycles. The zero-order valence-electron chi connectivity index (χ0n) is 9.66. The third-order valence-electron chi connectivity index (χ3n) is 3.02. The van der Waals surface area contributed by atoms with Gasteiger partial charge >= 0.3 is 0 Å². The predicted molar refractivity (Wildman–Crippen MR) is 62.1 cm³/mol. The largest absolute Gasteiger partial charge is 0.493 e. The summed E-state index contributed by atoms with van der Waals surface area (Å²) in [6.07, 6.45) is 2.47. The smallest absolute Gasteiger partial charge is 0.123 e. The minimum atomic E-state index is -0.218. The van der Waals surface area contributed by atoms with Crippen LogP contribution >= 0.6 is 0 Å². The average Bonchev–Trinajstić information content (AvgIpc) is 2.28. The lowest BCUT2D eigenvalue weighted by molar-refractivity contribution is 0.150. The van der Waals surface area contributed by atoms with Crippen molar-refractivity contribution in [1.29, 1.82) is 0 Å². The maximum atomic E-state index is 12.7. The third kappa shape index (κ3) is 3.20. The van der Waals surface area contributed by atoms with Gasteiger partial charge in [0.2, 0.25) is 0 Å². The summed E-state index contributed by atoms with van der Waals surface area (Å²) >= 11 is 0. The number of hydrogen-bond acceptors (Lipinski definition) is 2. The first-order chi connectivity index (χ1) is 7.74. The Morgan fingerprint density at radius 3 is 2.81 bits per heavy atom. The molecule has 0 aliphatic carbocycles. The molecule has 1 aromatic rings. The fourth-order valence-corrected chi connectivity index (χ4v) is 2.15. The first-order valence-electron chi connectivity index (χ1n) is 5.81. The van der Waals surface area contributed by atoms with Crippen LogP contribution in [-0.4, -0.2) is 31.6 Å². The normalized spacial score (nSPS) is 22.0. The Hall–Kier alpha value is -1.09. The second-order valence-corrected chi connectivity index (χ2v) is 4.54. The molecule has 3 heteroatoms. The van der Waals surface area contributed by atoms with Gasteiger partial charge in [-0.05, 0) is 50.7 Å². The fraction of sp³-hybridized carbons (Fsp3) is 0.538. The molecule has 0 radical (unpaired) electrons. The van der Waals surface area contributed by atoms with Gasteiger partial charge in [-0.15, -0.1) is 0 Å². The number of benzene rings is 1. The van der Waals surface area contributed by atoms with Crippen molar-refractivity contribution in [2.75, 3.05) is 26.7 Å². The van der Waals surface area contributed by atoms with E-state index in [9.17, 15) is 4.39 Å². The molecule has 0 saturated carbocycles. The maximum Gasteiger partial charge on any atom is 0.123 e. The van der Waals surface area contributed by atoms with Crippen LogP contribution in [0.15, 0.2) is 24.3 Å². The van der Waals surface area contributed by atoms with Gasteiger partial charge in [-0.1, -0.05) is 0 Å². The zero-order valence-corrected chi connectivity index (χ0v) is 9.66. The Morgan fingerprint density at radius 1 is 1.38 bits per heavy atom. The number of rotatable bonds is 3. The molecular formula is C13H18FNO. The molecule has 2 rings (SSSR count). The van der Waals surface area contributed by atoms with Gasteiger partial charge in [0.05, 0.1) is 6.61 Å². The molecular weight excluding hydrogens is 205 g/mol. The Labute approximate surface area is 96.0 Å². The van der Waals surface area contributed by atoms with E-state index in [4.69, 9.17) is 4.74 Å². The molecule has 1 aliphatic rings. The average molecular weight is 223 g/mol. The van der Waals surface area contributed by atoms with Crippen molar-refractivity contribution < 1.29 is 9.13 Å². The van der Waals surface area contributed by atoms with Crippen LogP contribution in [0.3, 0.4) is 0 Å². The number of hydrogen-bond donors (Lipinski definition) is 0. The molecule has 2 nitrogen and oxygen atoms in total. The fourth-order valence-electron chi connectivity index (χ4n) is 2.15. The summed E-state index contributed by atoms with van der Waals surface area (Å²) in [5, 5.41) is 0. The molecule has 0 N–H and O–H groups in total. The van der Waals surface area contributed by atoms with Gasteiger partial charge in [0.25, 0.3) is 0 Å². The highest BCUT2D eigenvalue weighted by molar-refractivity contribution is 5.22. The molecule has 1 aliphatic heterocycles. The first-order valence-corrected chi connectivity index (χ1v) is 5.81. The molecule has 1 saturated heterocycles. The van der Waals surface area contributed by atoms with Crippen molar-refractivity contribution in [3.05, 3.63) is 30.1 Å². The number of ether oxygens (including phenoxy) is 1. The van der Waals surface area contributed by atoms with Crippen molar-refractivity contribution in [1.82, 2.24) is 4.90 Å². The molecule has 1 unspecified atom stereocenters. The van der Waals surface area contributed by atoms with Crippen LogP contribution in [0.1, 0.15) is 12.8 Å². The molecule has 1 atom stereocenters. The highest BCUT2D eigenvalue weighted by Crippen LogP contribution is 2.18. The molecule has 0 bridgehead atoms. The molecule has 0 aromatic heterocycles. The summed E-state index contributed by atoms with van der Waals surface area (Å²) in [7, 11) is 2.14. The lowest BCUT2D eigenvalue weighted by atomic mass is 10.00. The number of likely N-dealkylation sites (tertiary alicyclic amines) is 1. The Kier molecular flexibility index (Phi) is 3.78. The van der Waals surface area contributed by atoms with E-state index >= 15 is 0 Å². The Morgan fingerprint density at radius 2 is 2.12 bits per heavy atom. The monoisotopic (exact) mass is 223 g/mol. The topological polar surface area (TPSA) is 12.5 Å².